The largest absolute Gasteiger partial charge is 0.369 e. The van der Waals surface area contributed by atoms with E-state index in [2.05, 4.69) is 46.3 Å². The number of halogens is 2. The second-order valence-corrected chi connectivity index (χ2v) is 8.46. The van der Waals surface area contributed by atoms with Gasteiger partial charge in [0.1, 0.15) is 0 Å². The zero-order chi connectivity index (χ0) is 20.6. The Kier molecular flexibility index (Phi) is 8.22. The molecule has 0 radical (unpaired) electrons. The number of carbonyl (C=O) groups excluding carboxylic acids is 1. The van der Waals surface area contributed by atoms with Gasteiger partial charge in [0.2, 0.25) is 5.91 Å². The molecule has 0 spiro atoms. The van der Waals surface area contributed by atoms with Gasteiger partial charge in [-0.3, -0.25) is 9.69 Å². The van der Waals surface area contributed by atoms with E-state index in [1.54, 1.807) is 12.1 Å². The first kappa shape index (κ1) is 21.9. The lowest BCUT2D eigenvalue weighted by Gasteiger charge is -2.36. The summed E-state index contributed by atoms with van der Waals surface area (Å²) in [5, 5.41) is 3.99. The number of hydrogen-bond donors (Lipinski definition) is 1. The Morgan fingerprint density at radius 3 is 2.52 bits per heavy atom. The minimum atomic E-state index is 0.0233. The van der Waals surface area contributed by atoms with E-state index in [-0.39, 0.29) is 5.91 Å². The molecule has 1 saturated heterocycles. The van der Waals surface area contributed by atoms with Crippen LogP contribution in [-0.4, -0.2) is 50.1 Å². The molecule has 1 aliphatic heterocycles. The first-order chi connectivity index (χ1) is 14.0. The Balaban J connectivity index is 1.28. The van der Waals surface area contributed by atoms with Gasteiger partial charge in [-0.15, -0.1) is 0 Å². The minimum absolute atomic E-state index is 0.0233. The predicted octanol–water partition coefficient (Wildman–Crippen LogP) is 4.56. The molecule has 1 heterocycles. The zero-order valence-corrected chi connectivity index (χ0v) is 18.5. The summed E-state index contributed by atoms with van der Waals surface area (Å²) in [7, 11) is 0. The van der Waals surface area contributed by atoms with Crippen molar-refractivity contribution in [1.82, 2.24) is 10.2 Å². The fourth-order valence-corrected chi connectivity index (χ4v) is 3.96. The maximum atomic E-state index is 12.1. The van der Waals surface area contributed by atoms with Gasteiger partial charge in [0.15, 0.2) is 0 Å². The Hall–Kier alpha value is -1.75. The molecule has 156 valence electrons. The van der Waals surface area contributed by atoms with Crippen LogP contribution in [0.5, 0.6) is 0 Å². The molecule has 0 unspecified atom stereocenters. The molecule has 0 saturated carbocycles. The Bertz CT molecular complexity index is 820. The molecule has 2 aromatic rings. The number of rotatable bonds is 8. The molecular weight excluding hydrogens is 405 g/mol. The van der Waals surface area contributed by atoms with Crippen LogP contribution < -0.4 is 10.2 Å². The third kappa shape index (κ3) is 6.91. The van der Waals surface area contributed by atoms with Gasteiger partial charge in [0.25, 0.3) is 0 Å². The molecule has 4 nitrogen and oxygen atoms in total. The highest BCUT2D eigenvalue weighted by Crippen LogP contribution is 2.22. The summed E-state index contributed by atoms with van der Waals surface area (Å²) in [6.07, 6.45) is 2.42. The molecule has 1 aliphatic rings. The van der Waals surface area contributed by atoms with E-state index in [4.69, 9.17) is 23.2 Å². The maximum absolute atomic E-state index is 12.1. The third-order valence-corrected chi connectivity index (χ3v) is 6.05. The van der Waals surface area contributed by atoms with E-state index >= 15 is 0 Å². The zero-order valence-electron chi connectivity index (χ0n) is 17.0. The molecule has 0 atom stereocenters. The quantitative estimate of drug-likeness (QED) is 0.619. The molecule has 0 aliphatic carbocycles. The van der Waals surface area contributed by atoms with E-state index in [9.17, 15) is 4.79 Å². The van der Waals surface area contributed by atoms with Gasteiger partial charge in [-0.25, -0.2) is 0 Å². The molecule has 29 heavy (non-hydrogen) atoms. The van der Waals surface area contributed by atoms with Crippen molar-refractivity contribution in [2.24, 2.45) is 0 Å². The highest BCUT2D eigenvalue weighted by Gasteiger charge is 2.16. The van der Waals surface area contributed by atoms with Crippen molar-refractivity contribution in [3.05, 3.63) is 63.6 Å². The van der Waals surface area contributed by atoms with Gasteiger partial charge >= 0.3 is 0 Å². The topological polar surface area (TPSA) is 35.6 Å². The van der Waals surface area contributed by atoms with Crippen LogP contribution in [0.2, 0.25) is 10.0 Å². The van der Waals surface area contributed by atoms with Crippen molar-refractivity contribution in [1.29, 1.82) is 0 Å². The Morgan fingerprint density at radius 2 is 1.79 bits per heavy atom. The summed E-state index contributed by atoms with van der Waals surface area (Å²) in [4.78, 5) is 17.0. The van der Waals surface area contributed by atoms with Crippen molar-refractivity contribution in [2.75, 3.05) is 44.2 Å². The third-order valence-electron chi connectivity index (χ3n) is 5.31. The summed E-state index contributed by atoms with van der Waals surface area (Å²) in [5.41, 5.74) is 3.52. The minimum Gasteiger partial charge on any atom is -0.369 e. The number of benzene rings is 2. The molecular formula is C23H29Cl2N3O. The van der Waals surface area contributed by atoms with Gasteiger partial charge in [0, 0.05) is 38.4 Å². The number of anilines is 1. The molecule has 0 bridgehead atoms. The van der Waals surface area contributed by atoms with Gasteiger partial charge in [-0.05, 0) is 61.7 Å². The van der Waals surface area contributed by atoms with Crippen molar-refractivity contribution in [3.63, 3.8) is 0 Å². The monoisotopic (exact) mass is 433 g/mol. The van der Waals surface area contributed by atoms with Crippen LogP contribution in [0, 0.1) is 6.92 Å². The van der Waals surface area contributed by atoms with Gasteiger partial charge in [-0.1, -0.05) is 41.4 Å². The molecule has 1 N–H and O–H groups in total. The standard InChI is InChI=1S/C23H29Cl2N3O/c1-18-5-4-6-20(15-18)28-13-11-27(12-14-28)10-3-2-9-26-23(29)17-19-7-8-21(24)22(25)16-19/h4-8,15-16H,2-3,9-14,17H2,1H3,(H,26,29). The maximum Gasteiger partial charge on any atom is 0.224 e. The van der Waals surface area contributed by atoms with Crippen LogP contribution in [0.1, 0.15) is 24.0 Å². The second-order valence-electron chi connectivity index (χ2n) is 7.65. The lowest BCUT2D eigenvalue weighted by Crippen LogP contribution is -2.46. The molecule has 1 fully saturated rings. The number of hydrogen-bond acceptors (Lipinski definition) is 3. The van der Waals surface area contributed by atoms with Crippen molar-refractivity contribution < 1.29 is 4.79 Å². The number of nitrogens with one attached hydrogen (secondary N) is 1. The smallest absolute Gasteiger partial charge is 0.224 e. The van der Waals surface area contributed by atoms with Crippen LogP contribution in [0.4, 0.5) is 5.69 Å². The summed E-state index contributed by atoms with van der Waals surface area (Å²) in [6.45, 7) is 8.28. The van der Waals surface area contributed by atoms with Gasteiger partial charge in [-0.2, -0.15) is 0 Å². The molecule has 3 rings (SSSR count). The van der Waals surface area contributed by atoms with E-state index < -0.39 is 0 Å². The summed E-state index contributed by atoms with van der Waals surface area (Å²) in [6, 6.07) is 14.0. The average molecular weight is 434 g/mol. The van der Waals surface area contributed by atoms with Crippen molar-refractivity contribution in [2.45, 2.75) is 26.2 Å². The van der Waals surface area contributed by atoms with Crippen LogP contribution in [0.15, 0.2) is 42.5 Å². The second kappa shape index (κ2) is 10.9. The first-order valence-corrected chi connectivity index (χ1v) is 11.0. The van der Waals surface area contributed by atoms with Crippen LogP contribution in [0.3, 0.4) is 0 Å². The number of nitrogens with zero attached hydrogens (tertiary/aromatic N) is 2. The van der Waals surface area contributed by atoms with Gasteiger partial charge < -0.3 is 10.2 Å². The molecule has 2 aromatic carbocycles. The lowest BCUT2D eigenvalue weighted by atomic mass is 10.1. The Morgan fingerprint density at radius 1 is 1.00 bits per heavy atom. The summed E-state index contributed by atoms with van der Waals surface area (Å²) < 4.78 is 0. The van der Waals surface area contributed by atoms with E-state index in [0.29, 0.717) is 23.0 Å². The van der Waals surface area contributed by atoms with Crippen molar-refractivity contribution >= 4 is 34.8 Å². The number of piperazine rings is 1. The first-order valence-electron chi connectivity index (χ1n) is 10.3. The highest BCUT2D eigenvalue weighted by atomic mass is 35.5. The number of aryl methyl sites for hydroxylation is 1. The molecule has 1 amide bonds. The SMILES string of the molecule is Cc1cccc(N2CCN(CCCCNC(=O)Cc3ccc(Cl)c(Cl)c3)CC2)c1. The summed E-state index contributed by atoms with van der Waals surface area (Å²) in [5.74, 6) is 0.0233. The summed E-state index contributed by atoms with van der Waals surface area (Å²) >= 11 is 11.9. The van der Waals surface area contributed by atoms with Crippen molar-refractivity contribution in [3.8, 4) is 0 Å². The van der Waals surface area contributed by atoms with Gasteiger partial charge in [0.05, 0.1) is 16.5 Å². The van der Waals surface area contributed by atoms with E-state index in [1.165, 1.54) is 11.3 Å². The normalized spacial score (nSPS) is 14.8. The lowest BCUT2D eigenvalue weighted by molar-refractivity contribution is -0.120. The number of amides is 1. The number of unbranched alkanes of at least 4 members (excludes halogenated alkanes) is 1. The fraction of sp³-hybridized carbons (Fsp3) is 0.435. The van der Waals surface area contributed by atoms with Crippen LogP contribution >= 0.6 is 23.2 Å². The average Bonchev–Trinajstić information content (AvgIpc) is 2.71. The Labute approximate surface area is 183 Å². The van der Waals surface area contributed by atoms with E-state index in [1.807, 2.05) is 6.07 Å². The highest BCUT2D eigenvalue weighted by molar-refractivity contribution is 6.42. The van der Waals surface area contributed by atoms with Crippen LogP contribution in [0.25, 0.3) is 0 Å². The fourth-order valence-electron chi connectivity index (χ4n) is 3.64. The molecule has 0 aromatic heterocycles. The molecule has 6 heteroatoms. The number of carbonyl (C=O) groups is 1. The van der Waals surface area contributed by atoms with E-state index in [0.717, 1.165) is 51.1 Å². The predicted molar refractivity (Wildman–Crippen MR) is 122 cm³/mol. The van der Waals surface area contributed by atoms with Crippen LogP contribution in [-0.2, 0) is 11.2 Å².